The number of benzene rings is 1. The molecule has 0 aromatic heterocycles. The van der Waals surface area contributed by atoms with Crippen molar-refractivity contribution in [3.8, 4) is 0 Å². The summed E-state index contributed by atoms with van der Waals surface area (Å²) in [6, 6.07) is 9.16. The van der Waals surface area contributed by atoms with E-state index in [-0.39, 0.29) is 23.7 Å². The minimum atomic E-state index is -0.449. The van der Waals surface area contributed by atoms with Crippen LogP contribution in [0.25, 0.3) is 0 Å². The highest BCUT2D eigenvalue weighted by Gasteiger charge is 2.55. The van der Waals surface area contributed by atoms with Crippen LogP contribution in [0.2, 0.25) is 0 Å². The number of para-hydroxylation sites is 1. The number of anilines is 1. The molecule has 0 bridgehead atoms. The van der Waals surface area contributed by atoms with Crippen LogP contribution in [0.1, 0.15) is 40.5 Å². The molecular formula is C20H24BNO4. The molecule has 0 unspecified atom stereocenters. The van der Waals surface area contributed by atoms with Gasteiger partial charge in [0, 0.05) is 0 Å². The van der Waals surface area contributed by atoms with E-state index in [1.165, 1.54) is 4.90 Å². The van der Waals surface area contributed by atoms with Crippen molar-refractivity contribution in [1.82, 2.24) is 0 Å². The average molecular weight is 353 g/mol. The largest absolute Gasteiger partial charge is 0.490 e. The summed E-state index contributed by atoms with van der Waals surface area (Å²) in [7, 11) is -0.449. The smallest absolute Gasteiger partial charge is 0.400 e. The van der Waals surface area contributed by atoms with Gasteiger partial charge in [0.2, 0.25) is 11.8 Å². The van der Waals surface area contributed by atoms with Gasteiger partial charge in [-0.1, -0.05) is 24.3 Å². The van der Waals surface area contributed by atoms with Gasteiger partial charge >= 0.3 is 7.12 Å². The minimum Gasteiger partial charge on any atom is -0.400 e. The third kappa shape index (κ3) is 2.55. The monoisotopic (exact) mass is 353 g/mol. The molecule has 2 atom stereocenters. The van der Waals surface area contributed by atoms with Gasteiger partial charge in [-0.3, -0.25) is 14.5 Å². The van der Waals surface area contributed by atoms with Gasteiger partial charge in [-0.05, 0) is 58.1 Å². The maximum absolute atomic E-state index is 13.0. The van der Waals surface area contributed by atoms with Gasteiger partial charge < -0.3 is 9.31 Å². The molecule has 2 amide bonds. The Morgan fingerprint density at radius 3 is 2.15 bits per heavy atom. The van der Waals surface area contributed by atoms with Crippen LogP contribution in [0.5, 0.6) is 0 Å². The predicted molar refractivity (Wildman–Crippen MR) is 99.3 cm³/mol. The molecule has 5 nitrogen and oxygen atoms in total. The number of carbonyl (C=O) groups is 2. The van der Waals surface area contributed by atoms with E-state index in [0.29, 0.717) is 18.5 Å². The van der Waals surface area contributed by atoms with Crippen molar-refractivity contribution in [2.45, 2.75) is 51.7 Å². The van der Waals surface area contributed by atoms with Crippen molar-refractivity contribution >= 4 is 24.6 Å². The second kappa shape index (κ2) is 5.79. The fourth-order valence-corrected chi connectivity index (χ4v) is 3.91. The summed E-state index contributed by atoms with van der Waals surface area (Å²) in [5, 5.41) is 0. The molecule has 2 fully saturated rings. The lowest BCUT2D eigenvalue weighted by molar-refractivity contribution is -0.122. The van der Waals surface area contributed by atoms with Crippen molar-refractivity contribution in [2.75, 3.05) is 4.90 Å². The van der Waals surface area contributed by atoms with E-state index >= 15 is 0 Å². The zero-order valence-electron chi connectivity index (χ0n) is 15.7. The summed E-state index contributed by atoms with van der Waals surface area (Å²) >= 11 is 0. The third-order valence-corrected chi connectivity index (χ3v) is 6.22. The van der Waals surface area contributed by atoms with Gasteiger partial charge in [-0.2, -0.15) is 0 Å². The van der Waals surface area contributed by atoms with Crippen LogP contribution in [-0.2, 0) is 18.9 Å². The topological polar surface area (TPSA) is 55.8 Å². The molecule has 0 spiro atoms. The van der Waals surface area contributed by atoms with Crippen molar-refractivity contribution < 1.29 is 18.9 Å². The van der Waals surface area contributed by atoms with E-state index in [1.807, 2.05) is 52.0 Å². The molecule has 136 valence electrons. The number of nitrogens with zero attached hydrogens (tertiary/aromatic N) is 1. The second-order valence-corrected chi connectivity index (χ2v) is 8.37. The second-order valence-electron chi connectivity index (χ2n) is 8.37. The van der Waals surface area contributed by atoms with Crippen molar-refractivity contribution in [3.63, 3.8) is 0 Å². The Balaban J connectivity index is 1.56. The van der Waals surface area contributed by atoms with Gasteiger partial charge in [0.1, 0.15) is 0 Å². The number of rotatable bonds is 2. The Morgan fingerprint density at radius 1 is 0.962 bits per heavy atom. The number of allylic oxidation sites excluding steroid dienone is 2. The maximum Gasteiger partial charge on any atom is 0.490 e. The summed E-state index contributed by atoms with van der Waals surface area (Å²) in [5.41, 5.74) is 0.789. The average Bonchev–Trinajstić information content (AvgIpc) is 2.98. The quantitative estimate of drug-likeness (QED) is 0.606. The molecule has 3 aliphatic rings. The number of imide groups is 1. The zero-order valence-corrected chi connectivity index (χ0v) is 15.7. The van der Waals surface area contributed by atoms with Gasteiger partial charge in [0.25, 0.3) is 0 Å². The van der Waals surface area contributed by atoms with E-state index < -0.39 is 18.3 Å². The van der Waals surface area contributed by atoms with Gasteiger partial charge in [0.05, 0.1) is 28.7 Å². The molecule has 0 saturated carbocycles. The van der Waals surface area contributed by atoms with E-state index in [0.717, 1.165) is 5.47 Å². The van der Waals surface area contributed by atoms with Crippen LogP contribution in [0.3, 0.4) is 0 Å². The van der Waals surface area contributed by atoms with Crippen LogP contribution in [-0.4, -0.2) is 30.1 Å². The molecule has 26 heavy (non-hydrogen) atoms. The fraction of sp³-hybridized carbons (Fsp3) is 0.500. The molecule has 1 aliphatic carbocycles. The summed E-state index contributed by atoms with van der Waals surface area (Å²) < 4.78 is 12.3. The SMILES string of the molecule is CC1(C)OB(C2=CC[C@H]3C(=O)N(c4ccccc4)C(=O)[C@H]3C2)OC1(C)C. The van der Waals surface area contributed by atoms with Gasteiger partial charge in [-0.25, -0.2) is 0 Å². The summed E-state index contributed by atoms with van der Waals surface area (Å²) in [6.07, 6.45) is 3.09. The Hall–Kier alpha value is -1.92. The molecule has 6 heteroatoms. The first-order valence-corrected chi connectivity index (χ1v) is 9.19. The lowest BCUT2D eigenvalue weighted by Gasteiger charge is -2.32. The van der Waals surface area contributed by atoms with Gasteiger partial charge in [0.15, 0.2) is 0 Å². The van der Waals surface area contributed by atoms with E-state index in [2.05, 4.69) is 0 Å². The first-order valence-electron chi connectivity index (χ1n) is 9.19. The molecule has 2 heterocycles. The Bertz CT molecular complexity index is 770. The third-order valence-electron chi connectivity index (χ3n) is 6.22. The van der Waals surface area contributed by atoms with Crippen LogP contribution < -0.4 is 4.90 Å². The molecule has 0 radical (unpaired) electrons. The summed E-state index contributed by atoms with van der Waals surface area (Å²) in [4.78, 5) is 27.1. The summed E-state index contributed by atoms with van der Waals surface area (Å²) in [6.45, 7) is 8.06. The van der Waals surface area contributed by atoms with Crippen LogP contribution >= 0.6 is 0 Å². The number of fused-ring (bicyclic) bond motifs is 1. The zero-order chi connectivity index (χ0) is 18.7. The lowest BCUT2D eigenvalue weighted by atomic mass is 9.67. The highest BCUT2D eigenvalue weighted by Crippen LogP contribution is 2.44. The molecule has 0 N–H and O–H groups in total. The minimum absolute atomic E-state index is 0.101. The Labute approximate surface area is 154 Å². The maximum atomic E-state index is 13.0. The molecule has 2 aliphatic heterocycles. The number of amides is 2. The van der Waals surface area contributed by atoms with Crippen LogP contribution in [0.4, 0.5) is 5.69 Å². The van der Waals surface area contributed by atoms with Gasteiger partial charge in [-0.15, -0.1) is 0 Å². The first-order chi connectivity index (χ1) is 12.2. The first kappa shape index (κ1) is 17.5. The van der Waals surface area contributed by atoms with Crippen molar-refractivity contribution in [2.24, 2.45) is 11.8 Å². The van der Waals surface area contributed by atoms with Crippen molar-refractivity contribution in [1.29, 1.82) is 0 Å². The van der Waals surface area contributed by atoms with E-state index in [9.17, 15) is 9.59 Å². The standard InChI is InChI=1S/C20H24BNO4/c1-19(2)20(3,4)26-21(25-19)13-10-11-15-16(12-13)18(24)22(17(15)23)14-8-6-5-7-9-14/h5-10,15-16H,11-12H2,1-4H3/t15-,16+/m1/s1. The Kier molecular flexibility index (Phi) is 3.90. The number of carbonyl (C=O) groups excluding carboxylic acids is 2. The molecular weight excluding hydrogens is 329 g/mol. The number of hydrogen-bond donors (Lipinski definition) is 0. The van der Waals surface area contributed by atoms with E-state index in [4.69, 9.17) is 9.31 Å². The number of hydrogen-bond acceptors (Lipinski definition) is 4. The highest BCUT2D eigenvalue weighted by atomic mass is 16.7. The van der Waals surface area contributed by atoms with Crippen molar-refractivity contribution in [3.05, 3.63) is 41.9 Å². The normalized spacial score (nSPS) is 29.8. The molecule has 4 rings (SSSR count). The summed E-state index contributed by atoms with van der Waals surface area (Å²) in [5.74, 6) is -0.834. The predicted octanol–water partition coefficient (Wildman–Crippen LogP) is 3.14. The highest BCUT2D eigenvalue weighted by molar-refractivity contribution is 6.54. The van der Waals surface area contributed by atoms with Crippen LogP contribution in [0, 0.1) is 11.8 Å². The van der Waals surface area contributed by atoms with E-state index in [1.54, 1.807) is 12.1 Å². The molecule has 2 saturated heterocycles. The Morgan fingerprint density at radius 2 is 1.54 bits per heavy atom. The fourth-order valence-electron chi connectivity index (χ4n) is 3.91. The van der Waals surface area contributed by atoms with Crippen LogP contribution in [0.15, 0.2) is 41.9 Å². The molecule has 1 aromatic carbocycles. The lowest BCUT2D eigenvalue weighted by Crippen LogP contribution is -2.41. The molecule has 1 aromatic rings.